The minimum Gasteiger partial charge on any atom is -0.485 e. The molecular formula is C28H28F3NO4. The molecule has 0 aromatic heterocycles. The number of carbonyl (C=O) groups is 2. The van der Waals surface area contributed by atoms with Gasteiger partial charge in [-0.2, -0.15) is 13.2 Å². The number of hydrogen-bond donors (Lipinski definition) is 2. The van der Waals surface area contributed by atoms with Crippen LogP contribution in [0.4, 0.5) is 13.2 Å². The number of carboxylic acid groups (broad SMARTS) is 1. The van der Waals surface area contributed by atoms with E-state index in [4.69, 9.17) is 9.84 Å². The Bertz CT molecular complexity index is 1200. The van der Waals surface area contributed by atoms with E-state index in [0.29, 0.717) is 16.9 Å². The third kappa shape index (κ3) is 6.87. The molecule has 5 nitrogen and oxygen atoms in total. The molecule has 0 aliphatic carbocycles. The van der Waals surface area contributed by atoms with Crippen molar-refractivity contribution in [3.63, 3.8) is 0 Å². The molecule has 0 saturated carbocycles. The Balaban J connectivity index is 1.74. The average Bonchev–Trinajstić information content (AvgIpc) is 2.82. The molecule has 1 atom stereocenters. The fourth-order valence-corrected chi connectivity index (χ4v) is 3.80. The molecule has 0 heterocycles. The van der Waals surface area contributed by atoms with Crippen molar-refractivity contribution < 1.29 is 32.6 Å². The zero-order chi connectivity index (χ0) is 26.5. The smallest absolute Gasteiger partial charge is 0.416 e. The number of amides is 1. The predicted molar refractivity (Wildman–Crippen MR) is 131 cm³/mol. The number of ether oxygens (including phenoxy) is 1. The van der Waals surface area contributed by atoms with Crippen LogP contribution in [0.25, 0.3) is 11.1 Å². The van der Waals surface area contributed by atoms with Gasteiger partial charge in [-0.3, -0.25) is 9.59 Å². The van der Waals surface area contributed by atoms with E-state index in [1.54, 1.807) is 24.3 Å². The van der Waals surface area contributed by atoms with Crippen LogP contribution < -0.4 is 10.1 Å². The summed E-state index contributed by atoms with van der Waals surface area (Å²) < 4.78 is 44.9. The largest absolute Gasteiger partial charge is 0.485 e. The first-order valence-electron chi connectivity index (χ1n) is 11.5. The van der Waals surface area contributed by atoms with Crippen LogP contribution >= 0.6 is 0 Å². The van der Waals surface area contributed by atoms with Gasteiger partial charge in [0.2, 0.25) is 0 Å². The number of hydrogen-bond acceptors (Lipinski definition) is 3. The molecule has 1 unspecified atom stereocenters. The maximum absolute atomic E-state index is 12.9. The summed E-state index contributed by atoms with van der Waals surface area (Å²) in [7, 11) is 0. The van der Waals surface area contributed by atoms with E-state index in [2.05, 4.69) is 5.32 Å². The summed E-state index contributed by atoms with van der Waals surface area (Å²) in [5.41, 5.74) is 3.11. The van der Waals surface area contributed by atoms with Gasteiger partial charge in [0.1, 0.15) is 11.9 Å². The van der Waals surface area contributed by atoms with E-state index in [1.807, 2.05) is 39.0 Å². The number of aryl methyl sites for hydroxylation is 1. The van der Waals surface area contributed by atoms with E-state index in [-0.39, 0.29) is 30.9 Å². The van der Waals surface area contributed by atoms with Crippen LogP contribution in [0.2, 0.25) is 0 Å². The summed E-state index contributed by atoms with van der Waals surface area (Å²) in [6.07, 6.45) is -4.82. The molecule has 3 aromatic carbocycles. The van der Waals surface area contributed by atoms with Crippen molar-refractivity contribution in [3.8, 4) is 16.9 Å². The Morgan fingerprint density at radius 2 is 1.56 bits per heavy atom. The molecule has 36 heavy (non-hydrogen) atoms. The molecule has 8 heteroatoms. The monoisotopic (exact) mass is 499 g/mol. The summed E-state index contributed by atoms with van der Waals surface area (Å²) in [6, 6.07) is 17.4. The molecule has 0 aliphatic rings. The van der Waals surface area contributed by atoms with E-state index >= 15 is 0 Å². The van der Waals surface area contributed by atoms with Gasteiger partial charge in [-0.1, -0.05) is 44.2 Å². The van der Waals surface area contributed by atoms with Gasteiger partial charge in [-0.25, -0.2) is 0 Å². The van der Waals surface area contributed by atoms with Gasteiger partial charge in [0, 0.05) is 12.1 Å². The number of carbonyl (C=O) groups excluding carboxylic acids is 1. The highest BCUT2D eigenvalue weighted by molar-refractivity contribution is 5.94. The van der Waals surface area contributed by atoms with Crippen LogP contribution in [-0.2, 0) is 11.0 Å². The minimum absolute atomic E-state index is 0.0452. The van der Waals surface area contributed by atoms with E-state index in [1.165, 1.54) is 12.1 Å². The second kappa shape index (κ2) is 11.3. The van der Waals surface area contributed by atoms with Crippen LogP contribution in [-0.4, -0.2) is 23.5 Å². The first-order chi connectivity index (χ1) is 17.0. The number of alkyl halides is 3. The molecule has 0 aliphatic heterocycles. The molecule has 0 spiro atoms. The van der Waals surface area contributed by atoms with Crippen LogP contribution in [0, 0.1) is 12.8 Å². The van der Waals surface area contributed by atoms with Gasteiger partial charge in [-0.05, 0) is 71.5 Å². The quantitative estimate of drug-likeness (QED) is 0.345. The van der Waals surface area contributed by atoms with Crippen molar-refractivity contribution >= 4 is 11.9 Å². The summed E-state index contributed by atoms with van der Waals surface area (Å²) in [5, 5.41) is 11.2. The average molecular weight is 500 g/mol. The van der Waals surface area contributed by atoms with Gasteiger partial charge in [0.05, 0.1) is 12.0 Å². The van der Waals surface area contributed by atoms with Crippen LogP contribution in [0.1, 0.15) is 53.4 Å². The molecule has 0 radical (unpaired) electrons. The normalized spacial score (nSPS) is 12.3. The van der Waals surface area contributed by atoms with Gasteiger partial charge in [0.25, 0.3) is 5.91 Å². The minimum atomic E-state index is -4.37. The third-order valence-corrected chi connectivity index (χ3v) is 5.73. The highest BCUT2D eigenvalue weighted by Crippen LogP contribution is 2.34. The lowest BCUT2D eigenvalue weighted by molar-refractivity contribution is -0.138. The fraction of sp³-hybridized carbons (Fsp3) is 0.286. The predicted octanol–water partition coefficient (Wildman–Crippen LogP) is 6.66. The Morgan fingerprint density at radius 3 is 2.08 bits per heavy atom. The number of carboxylic acids is 1. The topological polar surface area (TPSA) is 75.6 Å². The lowest BCUT2D eigenvalue weighted by Crippen LogP contribution is -2.25. The number of aliphatic carboxylic acids is 1. The van der Waals surface area contributed by atoms with Gasteiger partial charge >= 0.3 is 12.1 Å². The second-order valence-electron chi connectivity index (χ2n) is 8.85. The molecule has 3 aromatic rings. The first kappa shape index (κ1) is 26.8. The number of benzene rings is 3. The molecule has 0 fully saturated rings. The Kier molecular flexibility index (Phi) is 8.40. The second-order valence-corrected chi connectivity index (χ2v) is 8.85. The molecule has 0 bridgehead atoms. The summed E-state index contributed by atoms with van der Waals surface area (Å²) in [4.78, 5) is 22.7. The van der Waals surface area contributed by atoms with E-state index in [0.717, 1.165) is 28.8 Å². The molecule has 190 valence electrons. The molecular weight excluding hydrogens is 471 g/mol. The Labute approximate surface area is 207 Å². The lowest BCUT2D eigenvalue weighted by atomic mass is 9.92. The van der Waals surface area contributed by atoms with Crippen molar-refractivity contribution in [1.82, 2.24) is 5.32 Å². The SMILES string of the molecule is Cc1cc(-c2ccc(C(F)(F)F)cc2)ccc1C(Oc1ccc(C(=O)NCCC(=O)O)cc1)C(C)C. The maximum atomic E-state index is 12.9. The zero-order valence-electron chi connectivity index (χ0n) is 20.2. The van der Waals surface area contributed by atoms with Crippen LogP contribution in [0.15, 0.2) is 66.7 Å². The van der Waals surface area contributed by atoms with Crippen LogP contribution in [0.3, 0.4) is 0 Å². The maximum Gasteiger partial charge on any atom is 0.416 e. The van der Waals surface area contributed by atoms with Crippen molar-refractivity contribution in [1.29, 1.82) is 0 Å². The Morgan fingerprint density at radius 1 is 0.944 bits per heavy atom. The van der Waals surface area contributed by atoms with E-state index in [9.17, 15) is 22.8 Å². The lowest BCUT2D eigenvalue weighted by Gasteiger charge is -2.25. The summed E-state index contributed by atoms with van der Waals surface area (Å²) >= 11 is 0. The van der Waals surface area contributed by atoms with Crippen molar-refractivity contribution in [2.75, 3.05) is 6.54 Å². The van der Waals surface area contributed by atoms with Gasteiger partial charge in [0.15, 0.2) is 0 Å². The Hall–Kier alpha value is -3.81. The van der Waals surface area contributed by atoms with Crippen molar-refractivity contribution in [3.05, 3.63) is 89.0 Å². The number of rotatable bonds is 9. The zero-order valence-corrected chi connectivity index (χ0v) is 20.2. The molecule has 2 N–H and O–H groups in total. The third-order valence-electron chi connectivity index (χ3n) is 5.73. The fourth-order valence-electron chi connectivity index (χ4n) is 3.80. The first-order valence-corrected chi connectivity index (χ1v) is 11.5. The molecule has 1 amide bonds. The van der Waals surface area contributed by atoms with Crippen molar-refractivity contribution in [2.24, 2.45) is 5.92 Å². The standard InChI is InChI=1S/C28H28F3NO4/c1-17(2)26(36-23-11-6-20(7-12-23)27(35)32-15-14-25(33)34)24-13-8-21(16-18(24)3)19-4-9-22(10-5-19)28(29,30)31/h4-13,16-17,26H,14-15H2,1-3H3,(H,32,35)(H,33,34). The van der Waals surface area contributed by atoms with Crippen molar-refractivity contribution in [2.45, 2.75) is 39.5 Å². The molecule has 0 saturated heterocycles. The summed E-state index contributed by atoms with van der Waals surface area (Å²) in [6.45, 7) is 6.03. The highest BCUT2D eigenvalue weighted by atomic mass is 19.4. The van der Waals surface area contributed by atoms with Gasteiger partial charge in [-0.15, -0.1) is 0 Å². The number of halogens is 3. The van der Waals surface area contributed by atoms with Crippen LogP contribution in [0.5, 0.6) is 5.75 Å². The number of nitrogens with one attached hydrogen (secondary N) is 1. The highest BCUT2D eigenvalue weighted by Gasteiger charge is 2.30. The van der Waals surface area contributed by atoms with Gasteiger partial charge < -0.3 is 15.2 Å². The van der Waals surface area contributed by atoms with E-state index < -0.39 is 17.7 Å². The molecule has 3 rings (SSSR count). The summed E-state index contributed by atoms with van der Waals surface area (Å²) in [5.74, 6) is -0.666.